The molecule has 5 rings (SSSR count). The SMILES string of the molecule is Oc1ccc(N2C(=S)N[C@@H](c3ccccn3)[C@H]2c2cccn2-c2ccncc2)cc1. The molecule has 1 fully saturated rings. The number of nitrogens with zero attached hydrogens (tertiary/aromatic N) is 4. The van der Waals surface area contributed by atoms with Crippen LogP contribution in [0.1, 0.15) is 23.5 Å². The topological polar surface area (TPSA) is 66.2 Å². The predicted molar refractivity (Wildman–Crippen MR) is 120 cm³/mol. The highest BCUT2D eigenvalue weighted by molar-refractivity contribution is 7.80. The molecule has 1 aliphatic rings. The van der Waals surface area contributed by atoms with Crippen molar-refractivity contribution in [1.29, 1.82) is 0 Å². The second-order valence-corrected chi connectivity index (χ2v) is 7.41. The lowest BCUT2D eigenvalue weighted by Gasteiger charge is -2.29. The summed E-state index contributed by atoms with van der Waals surface area (Å²) in [7, 11) is 0. The van der Waals surface area contributed by atoms with Gasteiger partial charge in [-0.2, -0.15) is 0 Å². The van der Waals surface area contributed by atoms with Gasteiger partial charge in [-0.3, -0.25) is 9.97 Å². The zero-order chi connectivity index (χ0) is 20.5. The number of phenols is 1. The number of aromatic nitrogens is 3. The van der Waals surface area contributed by atoms with Crippen molar-refractivity contribution in [2.75, 3.05) is 4.90 Å². The Hall–Kier alpha value is -3.71. The van der Waals surface area contributed by atoms with Crippen LogP contribution in [0.25, 0.3) is 5.69 Å². The fraction of sp³-hybridized carbons (Fsp3) is 0.0870. The van der Waals surface area contributed by atoms with Crippen LogP contribution in [0.5, 0.6) is 5.75 Å². The molecule has 148 valence electrons. The molecule has 0 bridgehead atoms. The second-order valence-electron chi connectivity index (χ2n) is 7.02. The zero-order valence-electron chi connectivity index (χ0n) is 16.0. The molecule has 1 saturated heterocycles. The van der Waals surface area contributed by atoms with Crippen LogP contribution >= 0.6 is 12.2 Å². The van der Waals surface area contributed by atoms with Gasteiger partial charge in [-0.15, -0.1) is 0 Å². The number of hydrogen-bond acceptors (Lipinski definition) is 4. The highest BCUT2D eigenvalue weighted by atomic mass is 32.1. The van der Waals surface area contributed by atoms with E-state index in [0.29, 0.717) is 5.11 Å². The Morgan fingerprint density at radius 1 is 0.867 bits per heavy atom. The van der Waals surface area contributed by atoms with Crippen molar-refractivity contribution >= 4 is 23.0 Å². The Morgan fingerprint density at radius 2 is 1.67 bits per heavy atom. The average Bonchev–Trinajstić information content (AvgIpc) is 3.40. The fourth-order valence-electron chi connectivity index (χ4n) is 3.92. The largest absolute Gasteiger partial charge is 0.508 e. The minimum Gasteiger partial charge on any atom is -0.508 e. The maximum absolute atomic E-state index is 9.75. The first-order valence-electron chi connectivity index (χ1n) is 9.60. The molecule has 30 heavy (non-hydrogen) atoms. The van der Waals surface area contributed by atoms with Crippen LogP contribution in [0.3, 0.4) is 0 Å². The van der Waals surface area contributed by atoms with E-state index in [9.17, 15) is 5.11 Å². The molecule has 2 atom stereocenters. The molecule has 6 nitrogen and oxygen atoms in total. The molecule has 0 amide bonds. The number of anilines is 1. The number of phenolic OH excluding ortho intramolecular Hbond substituents is 1. The number of rotatable bonds is 4. The van der Waals surface area contributed by atoms with Crippen molar-refractivity contribution in [1.82, 2.24) is 19.9 Å². The van der Waals surface area contributed by atoms with Gasteiger partial charge < -0.3 is 19.9 Å². The van der Waals surface area contributed by atoms with Crippen LogP contribution in [-0.2, 0) is 0 Å². The maximum Gasteiger partial charge on any atom is 0.174 e. The van der Waals surface area contributed by atoms with E-state index in [1.165, 1.54) is 0 Å². The minimum atomic E-state index is -0.139. The lowest BCUT2D eigenvalue weighted by atomic mass is 10.0. The molecule has 0 saturated carbocycles. The smallest absolute Gasteiger partial charge is 0.174 e. The Balaban J connectivity index is 1.67. The Kier molecular flexibility index (Phi) is 4.65. The molecule has 4 aromatic rings. The lowest BCUT2D eigenvalue weighted by molar-refractivity contribution is 0.475. The number of pyridine rings is 2. The number of thiocarbonyl (C=S) groups is 1. The van der Waals surface area contributed by atoms with Gasteiger partial charge in [0.15, 0.2) is 5.11 Å². The van der Waals surface area contributed by atoms with Crippen LogP contribution in [0.4, 0.5) is 5.69 Å². The van der Waals surface area contributed by atoms with Gasteiger partial charge in [0.1, 0.15) is 11.8 Å². The van der Waals surface area contributed by atoms with Crippen molar-refractivity contribution in [3.05, 3.63) is 103 Å². The predicted octanol–water partition coefficient (Wildman–Crippen LogP) is 4.15. The first kappa shape index (κ1) is 18.3. The molecule has 3 aromatic heterocycles. The Labute approximate surface area is 179 Å². The minimum absolute atomic E-state index is 0.136. The highest BCUT2D eigenvalue weighted by Gasteiger charge is 2.42. The molecule has 2 N–H and O–H groups in total. The van der Waals surface area contributed by atoms with Crippen molar-refractivity contribution in [2.24, 2.45) is 0 Å². The Bertz CT molecular complexity index is 1160. The number of aromatic hydroxyl groups is 1. The van der Waals surface area contributed by atoms with Gasteiger partial charge in [0, 0.05) is 41.9 Å². The van der Waals surface area contributed by atoms with E-state index in [0.717, 1.165) is 22.8 Å². The monoisotopic (exact) mass is 413 g/mol. The van der Waals surface area contributed by atoms with Gasteiger partial charge in [0.05, 0.1) is 11.7 Å². The van der Waals surface area contributed by atoms with Gasteiger partial charge in [-0.1, -0.05) is 6.07 Å². The van der Waals surface area contributed by atoms with Gasteiger partial charge in [0.25, 0.3) is 0 Å². The van der Waals surface area contributed by atoms with Gasteiger partial charge in [-0.25, -0.2) is 0 Å². The molecule has 1 aliphatic heterocycles. The van der Waals surface area contributed by atoms with Crippen molar-refractivity contribution < 1.29 is 5.11 Å². The van der Waals surface area contributed by atoms with Gasteiger partial charge in [-0.05, 0) is 72.9 Å². The summed E-state index contributed by atoms with van der Waals surface area (Å²) in [5.41, 5.74) is 3.90. The van der Waals surface area contributed by atoms with Crippen molar-refractivity contribution in [2.45, 2.75) is 12.1 Å². The Morgan fingerprint density at radius 3 is 2.40 bits per heavy atom. The summed E-state index contributed by atoms with van der Waals surface area (Å²) in [6.07, 6.45) is 7.40. The van der Waals surface area contributed by atoms with Gasteiger partial charge >= 0.3 is 0 Å². The highest BCUT2D eigenvalue weighted by Crippen LogP contribution is 2.42. The van der Waals surface area contributed by atoms with Crippen LogP contribution in [0, 0.1) is 0 Å². The quantitative estimate of drug-likeness (QED) is 0.490. The number of hydrogen-bond donors (Lipinski definition) is 2. The second kappa shape index (κ2) is 7.61. The maximum atomic E-state index is 9.75. The first-order valence-corrected chi connectivity index (χ1v) is 10.0. The standard InChI is InChI=1S/C23H19N5OS/c29-18-8-6-17(7-9-18)28-22(21(26-23(28)30)19-4-1-2-12-25-19)20-5-3-15-27(20)16-10-13-24-14-11-16/h1-15,21-22,29H,(H,26,30)/t21-,22+/m0/s1. The third-order valence-corrected chi connectivity index (χ3v) is 5.56. The molecule has 0 unspecified atom stereocenters. The summed E-state index contributed by atoms with van der Waals surface area (Å²) in [6, 6.07) is 20.8. The molecule has 7 heteroatoms. The summed E-state index contributed by atoms with van der Waals surface area (Å²) >= 11 is 5.75. The molecule has 0 spiro atoms. The molecular formula is C23H19N5OS. The normalized spacial score (nSPS) is 18.4. The molecule has 4 heterocycles. The van der Waals surface area contributed by atoms with Crippen molar-refractivity contribution in [3.63, 3.8) is 0 Å². The van der Waals surface area contributed by atoms with E-state index >= 15 is 0 Å². The average molecular weight is 414 g/mol. The first-order chi connectivity index (χ1) is 14.7. The summed E-state index contributed by atoms with van der Waals surface area (Å²) in [5, 5.41) is 13.8. The fourth-order valence-corrected chi connectivity index (χ4v) is 4.27. The van der Waals surface area contributed by atoms with Crippen LogP contribution in [0.15, 0.2) is 91.5 Å². The summed E-state index contributed by atoms with van der Waals surface area (Å²) in [4.78, 5) is 10.8. The third kappa shape index (κ3) is 3.19. The molecule has 0 aliphatic carbocycles. The van der Waals surface area contributed by atoms with Gasteiger partial charge in [0.2, 0.25) is 0 Å². The van der Waals surface area contributed by atoms with Crippen LogP contribution in [-0.4, -0.2) is 24.8 Å². The molecule has 0 radical (unpaired) electrons. The lowest BCUT2D eigenvalue weighted by Crippen LogP contribution is -2.30. The van der Waals surface area contributed by atoms with Crippen LogP contribution < -0.4 is 10.2 Å². The van der Waals surface area contributed by atoms with Crippen LogP contribution in [0.2, 0.25) is 0 Å². The molecular weight excluding hydrogens is 394 g/mol. The van der Waals surface area contributed by atoms with E-state index in [1.54, 1.807) is 30.7 Å². The van der Waals surface area contributed by atoms with Crippen molar-refractivity contribution in [3.8, 4) is 11.4 Å². The number of nitrogens with one attached hydrogen (secondary N) is 1. The summed E-state index contributed by atoms with van der Waals surface area (Å²) < 4.78 is 2.14. The van der Waals surface area contributed by atoms with E-state index in [1.807, 2.05) is 54.7 Å². The van der Waals surface area contributed by atoms with E-state index in [4.69, 9.17) is 12.2 Å². The van der Waals surface area contributed by atoms with E-state index in [-0.39, 0.29) is 17.8 Å². The summed E-state index contributed by atoms with van der Waals surface area (Å²) in [5.74, 6) is 0.217. The van der Waals surface area contributed by atoms with E-state index in [2.05, 4.69) is 30.8 Å². The van der Waals surface area contributed by atoms with E-state index < -0.39 is 0 Å². The summed E-state index contributed by atoms with van der Waals surface area (Å²) in [6.45, 7) is 0. The molecule has 1 aromatic carbocycles. The zero-order valence-corrected chi connectivity index (χ0v) is 16.8. The number of benzene rings is 1. The third-order valence-electron chi connectivity index (χ3n) is 5.25.